The third-order valence-electron chi connectivity index (χ3n) is 2.60. The van der Waals surface area contributed by atoms with Crippen molar-refractivity contribution in [3.8, 4) is 0 Å². The van der Waals surface area contributed by atoms with Gasteiger partial charge in [0.15, 0.2) is 0 Å². The molecule has 7 nitrogen and oxygen atoms in total. The first kappa shape index (κ1) is 10.6. The molecule has 16 heavy (non-hydrogen) atoms. The second kappa shape index (κ2) is 4.30. The minimum atomic E-state index is -0.537. The van der Waals surface area contributed by atoms with E-state index in [-0.39, 0.29) is 11.7 Å². The van der Waals surface area contributed by atoms with Gasteiger partial charge in [-0.15, -0.1) is 0 Å². The van der Waals surface area contributed by atoms with Crippen molar-refractivity contribution in [2.75, 3.05) is 7.11 Å². The van der Waals surface area contributed by atoms with Crippen molar-refractivity contribution >= 4 is 12.2 Å². The molecule has 7 heteroatoms. The molecule has 1 aromatic rings. The van der Waals surface area contributed by atoms with Gasteiger partial charge in [0, 0.05) is 12.3 Å². The Hall–Kier alpha value is -1.92. The lowest BCUT2D eigenvalue weighted by atomic mass is 9.93. The van der Waals surface area contributed by atoms with Gasteiger partial charge in [0.05, 0.1) is 13.2 Å². The molecule has 1 fully saturated rings. The fourth-order valence-corrected chi connectivity index (χ4v) is 1.42. The average Bonchev–Trinajstić information content (AvgIpc) is 2.55. The summed E-state index contributed by atoms with van der Waals surface area (Å²) in [6, 6.07) is 0.160. The van der Waals surface area contributed by atoms with Crippen molar-refractivity contribution in [3.05, 3.63) is 16.6 Å². The molecule has 0 amide bonds. The molecule has 1 heterocycles. The molecule has 1 aliphatic rings. The molecule has 86 valence electrons. The highest BCUT2D eigenvalue weighted by molar-refractivity contribution is 5.84. The quantitative estimate of drug-likeness (QED) is 0.525. The van der Waals surface area contributed by atoms with E-state index in [0.29, 0.717) is 0 Å². The number of aromatic nitrogens is 4. The highest BCUT2D eigenvalue weighted by Crippen LogP contribution is 2.28. The van der Waals surface area contributed by atoms with Gasteiger partial charge in [-0.05, 0) is 29.7 Å². The molecule has 0 aliphatic heterocycles. The molecule has 1 aromatic heterocycles. The minimum absolute atomic E-state index is 0.160. The van der Waals surface area contributed by atoms with Crippen LogP contribution in [0.5, 0.6) is 0 Å². The lowest BCUT2D eigenvalue weighted by molar-refractivity contribution is -0.134. The molecular formula is C9H12N4O3. The summed E-state index contributed by atoms with van der Waals surface area (Å²) in [6.45, 7) is 0. The van der Waals surface area contributed by atoms with E-state index in [1.807, 2.05) is 0 Å². The Morgan fingerprint density at radius 3 is 2.81 bits per heavy atom. The molecule has 0 unspecified atom stereocenters. The van der Waals surface area contributed by atoms with Crippen LogP contribution < -0.4 is 5.69 Å². The summed E-state index contributed by atoms with van der Waals surface area (Å²) in [5, 5.41) is 7.40. The van der Waals surface area contributed by atoms with Gasteiger partial charge in [0.1, 0.15) is 0 Å². The summed E-state index contributed by atoms with van der Waals surface area (Å²) in [4.78, 5) is 22.5. The van der Waals surface area contributed by atoms with Gasteiger partial charge in [-0.2, -0.15) is 9.36 Å². The number of carbonyl (C=O) groups is 1. The van der Waals surface area contributed by atoms with Crippen LogP contribution in [0.3, 0.4) is 0 Å². The molecule has 1 saturated carbocycles. The first-order valence-electron chi connectivity index (χ1n) is 5.02. The lowest BCUT2D eigenvalue weighted by Gasteiger charge is -2.23. The van der Waals surface area contributed by atoms with Crippen LogP contribution >= 0.6 is 0 Å². The summed E-state index contributed by atoms with van der Waals surface area (Å²) in [7, 11) is 1.26. The number of ether oxygens (including phenoxy) is 1. The Kier molecular flexibility index (Phi) is 2.84. The summed E-state index contributed by atoms with van der Waals surface area (Å²) in [6.07, 6.45) is 5.40. The third kappa shape index (κ3) is 1.88. The van der Waals surface area contributed by atoms with Crippen LogP contribution in [0.4, 0.5) is 0 Å². The molecular weight excluding hydrogens is 212 g/mol. The van der Waals surface area contributed by atoms with E-state index in [9.17, 15) is 9.59 Å². The Balaban J connectivity index is 2.17. The van der Waals surface area contributed by atoms with Gasteiger partial charge < -0.3 is 4.74 Å². The van der Waals surface area contributed by atoms with E-state index >= 15 is 0 Å². The number of esters is 1. The predicted octanol–water partition coefficient (Wildman–Crippen LogP) is -0.192. The second-order valence-corrected chi connectivity index (χ2v) is 3.57. The fraction of sp³-hybridized carbons (Fsp3) is 0.556. The Morgan fingerprint density at radius 1 is 1.50 bits per heavy atom. The SMILES string of the molecule is COC(=O)/C=C\n1nnn(C2CCC2)c1=O. The van der Waals surface area contributed by atoms with Crippen molar-refractivity contribution in [3.63, 3.8) is 0 Å². The van der Waals surface area contributed by atoms with Crippen LogP contribution in [0.25, 0.3) is 6.20 Å². The summed E-state index contributed by atoms with van der Waals surface area (Å²) < 4.78 is 6.78. The molecule has 0 aromatic carbocycles. The van der Waals surface area contributed by atoms with Crippen LogP contribution in [-0.2, 0) is 9.53 Å². The number of nitrogens with zero attached hydrogens (tertiary/aromatic N) is 4. The fourth-order valence-electron chi connectivity index (χ4n) is 1.42. The van der Waals surface area contributed by atoms with Crippen molar-refractivity contribution in [2.45, 2.75) is 25.3 Å². The smallest absolute Gasteiger partial charge is 0.368 e. The first-order chi connectivity index (χ1) is 7.72. The van der Waals surface area contributed by atoms with E-state index in [4.69, 9.17) is 0 Å². The van der Waals surface area contributed by atoms with E-state index in [1.54, 1.807) is 0 Å². The zero-order valence-electron chi connectivity index (χ0n) is 8.87. The van der Waals surface area contributed by atoms with Crippen LogP contribution in [0.15, 0.2) is 10.9 Å². The standard InChI is InChI=1S/C9H12N4O3/c1-16-8(14)5-6-12-9(15)13(11-10-12)7-3-2-4-7/h5-7H,2-4H2,1H3/b6-5-. The average molecular weight is 224 g/mol. The summed E-state index contributed by atoms with van der Waals surface area (Å²) in [5.74, 6) is -0.537. The van der Waals surface area contributed by atoms with Crippen LogP contribution in [-0.4, -0.2) is 32.9 Å². The van der Waals surface area contributed by atoms with Crippen molar-refractivity contribution < 1.29 is 9.53 Å². The Bertz CT molecular complexity index is 469. The second-order valence-electron chi connectivity index (χ2n) is 3.57. The van der Waals surface area contributed by atoms with E-state index in [2.05, 4.69) is 15.2 Å². The molecule has 0 radical (unpaired) electrons. The van der Waals surface area contributed by atoms with Gasteiger partial charge >= 0.3 is 11.7 Å². The highest BCUT2D eigenvalue weighted by atomic mass is 16.5. The van der Waals surface area contributed by atoms with Crippen molar-refractivity contribution in [1.29, 1.82) is 0 Å². The number of rotatable bonds is 3. The molecule has 0 N–H and O–H groups in total. The number of hydrogen-bond donors (Lipinski definition) is 0. The lowest BCUT2D eigenvalue weighted by Crippen LogP contribution is -2.30. The monoisotopic (exact) mass is 224 g/mol. The number of methoxy groups -OCH3 is 1. The van der Waals surface area contributed by atoms with Gasteiger partial charge in [-0.1, -0.05) is 0 Å². The number of hydrogen-bond acceptors (Lipinski definition) is 5. The molecule has 1 aliphatic carbocycles. The molecule has 0 bridgehead atoms. The zero-order valence-corrected chi connectivity index (χ0v) is 8.87. The topological polar surface area (TPSA) is 79.0 Å². The Labute approximate surface area is 91.3 Å². The van der Waals surface area contributed by atoms with Gasteiger partial charge in [-0.25, -0.2) is 9.59 Å². The largest absolute Gasteiger partial charge is 0.466 e. The van der Waals surface area contributed by atoms with Crippen LogP contribution in [0.1, 0.15) is 25.3 Å². The maximum Gasteiger partial charge on any atom is 0.368 e. The van der Waals surface area contributed by atoms with E-state index < -0.39 is 5.97 Å². The van der Waals surface area contributed by atoms with Gasteiger partial charge in [0.25, 0.3) is 0 Å². The van der Waals surface area contributed by atoms with E-state index in [1.165, 1.54) is 18.0 Å². The molecule has 0 saturated heterocycles. The van der Waals surface area contributed by atoms with Crippen LogP contribution in [0, 0.1) is 0 Å². The van der Waals surface area contributed by atoms with Gasteiger partial charge in [0.2, 0.25) is 0 Å². The van der Waals surface area contributed by atoms with Crippen molar-refractivity contribution in [1.82, 2.24) is 19.8 Å². The molecule has 2 rings (SSSR count). The summed E-state index contributed by atoms with van der Waals surface area (Å²) in [5.41, 5.74) is -0.329. The molecule has 0 spiro atoms. The highest BCUT2D eigenvalue weighted by Gasteiger charge is 2.23. The van der Waals surface area contributed by atoms with Crippen molar-refractivity contribution in [2.24, 2.45) is 0 Å². The first-order valence-corrected chi connectivity index (χ1v) is 5.02. The van der Waals surface area contributed by atoms with E-state index in [0.717, 1.165) is 30.0 Å². The number of tetrazole rings is 1. The molecule has 0 atom stereocenters. The normalized spacial score (nSPS) is 16.3. The summed E-state index contributed by atoms with van der Waals surface area (Å²) >= 11 is 0. The number of carbonyl (C=O) groups excluding carboxylic acids is 1. The third-order valence-corrected chi connectivity index (χ3v) is 2.60. The van der Waals surface area contributed by atoms with Gasteiger partial charge in [-0.3, -0.25) is 0 Å². The minimum Gasteiger partial charge on any atom is -0.466 e. The maximum absolute atomic E-state index is 11.7. The predicted molar refractivity (Wildman–Crippen MR) is 54.5 cm³/mol. The maximum atomic E-state index is 11.7. The Morgan fingerprint density at radius 2 is 2.25 bits per heavy atom. The zero-order chi connectivity index (χ0) is 11.5. The van der Waals surface area contributed by atoms with Crippen LogP contribution in [0.2, 0.25) is 0 Å².